The molecule has 96 valence electrons. The lowest BCUT2D eigenvalue weighted by Gasteiger charge is -2.13. The second-order valence-corrected chi connectivity index (χ2v) is 4.42. The van der Waals surface area contributed by atoms with Crippen molar-refractivity contribution >= 4 is 17.3 Å². The number of halogens is 1. The largest absolute Gasteiger partial charge is 0.495 e. The Labute approximate surface area is 108 Å². The van der Waals surface area contributed by atoms with Crippen LogP contribution in [0.4, 0.5) is 5.69 Å². The molecule has 0 saturated heterocycles. The van der Waals surface area contributed by atoms with E-state index in [4.69, 9.17) is 21.4 Å². The van der Waals surface area contributed by atoms with E-state index in [1.165, 1.54) is 0 Å². The van der Waals surface area contributed by atoms with Crippen LogP contribution in [0.2, 0.25) is 5.02 Å². The van der Waals surface area contributed by atoms with Gasteiger partial charge in [0.15, 0.2) is 0 Å². The van der Waals surface area contributed by atoms with Crippen molar-refractivity contribution in [3.05, 3.63) is 22.7 Å². The van der Waals surface area contributed by atoms with Crippen LogP contribution in [0, 0.1) is 6.92 Å². The van der Waals surface area contributed by atoms with Crippen LogP contribution in [0.1, 0.15) is 24.8 Å². The number of benzene rings is 1. The van der Waals surface area contributed by atoms with Gasteiger partial charge >= 0.3 is 0 Å². The smallest absolute Gasteiger partial charge is 0.143 e. The van der Waals surface area contributed by atoms with Gasteiger partial charge in [0.25, 0.3) is 0 Å². The molecule has 0 unspecified atom stereocenters. The summed E-state index contributed by atoms with van der Waals surface area (Å²) in [7, 11) is 1.64. The van der Waals surface area contributed by atoms with Crippen LogP contribution in [0.5, 0.6) is 5.75 Å². The van der Waals surface area contributed by atoms with Crippen LogP contribution in [0.25, 0.3) is 0 Å². The summed E-state index contributed by atoms with van der Waals surface area (Å²) in [6, 6.07) is 3.82. The molecule has 0 bridgehead atoms. The summed E-state index contributed by atoms with van der Waals surface area (Å²) in [6.45, 7) is 3.11. The van der Waals surface area contributed by atoms with Gasteiger partial charge in [-0.05, 0) is 37.8 Å². The van der Waals surface area contributed by atoms with Crippen LogP contribution < -0.4 is 10.1 Å². The molecule has 0 fully saturated rings. The highest BCUT2D eigenvalue weighted by molar-refractivity contribution is 6.31. The minimum absolute atomic E-state index is 0.267. The lowest BCUT2D eigenvalue weighted by atomic mass is 10.2. The van der Waals surface area contributed by atoms with Crippen molar-refractivity contribution in [3.63, 3.8) is 0 Å². The number of ether oxygens (including phenoxy) is 1. The molecule has 4 heteroatoms. The van der Waals surface area contributed by atoms with Crippen molar-refractivity contribution in [1.29, 1.82) is 0 Å². The van der Waals surface area contributed by atoms with E-state index < -0.39 is 0 Å². The SMILES string of the molecule is COc1cc(Cl)c(C)cc1NCCCCCO. The molecule has 3 nitrogen and oxygen atoms in total. The van der Waals surface area contributed by atoms with Gasteiger partial charge in [-0.3, -0.25) is 0 Å². The van der Waals surface area contributed by atoms with Crippen LogP contribution in [-0.4, -0.2) is 25.4 Å². The first kappa shape index (κ1) is 14.1. The predicted octanol–water partition coefficient (Wildman–Crippen LogP) is 3.23. The monoisotopic (exact) mass is 257 g/mol. The summed E-state index contributed by atoms with van der Waals surface area (Å²) in [4.78, 5) is 0. The van der Waals surface area contributed by atoms with Gasteiger partial charge in [-0.2, -0.15) is 0 Å². The van der Waals surface area contributed by atoms with Crippen molar-refractivity contribution in [3.8, 4) is 5.75 Å². The van der Waals surface area contributed by atoms with Gasteiger partial charge in [-0.15, -0.1) is 0 Å². The van der Waals surface area contributed by atoms with Gasteiger partial charge in [-0.25, -0.2) is 0 Å². The summed E-state index contributed by atoms with van der Waals surface area (Å²) in [5.74, 6) is 0.766. The molecule has 0 atom stereocenters. The summed E-state index contributed by atoms with van der Waals surface area (Å²) >= 11 is 6.03. The molecule has 0 heterocycles. The quantitative estimate of drug-likeness (QED) is 0.737. The van der Waals surface area contributed by atoms with E-state index in [1.54, 1.807) is 7.11 Å². The van der Waals surface area contributed by atoms with Crippen LogP contribution in [-0.2, 0) is 0 Å². The average Bonchev–Trinajstić information content (AvgIpc) is 2.33. The molecule has 0 radical (unpaired) electrons. The van der Waals surface area contributed by atoms with Crippen LogP contribution in [0.3, 0.4) is 0 Å². The molecule has 2 N–H and O–H groups in total. The molecule has 0 aliphatic carbocycles. The van der Waals surface area contributed by atoms with Crippen molar-refractivity contribution in [2.24, 2.45) is 0 Å². The third kappa shape index (κ3) is 4.44. The highest BCUT2D eigenvalue weighted by Gasteiger charge is 2.06. The van der Waals surface area contributed by atoms with E-state index in [0.717, 1.165) is 42.8 Å². The lowest BCUT2D eigenvalue weighted by Crippen LogP contribution is -2.04. The maximum Gasteiger partial charge on any atom is 0.143 e. The molecule has 1 aromatic carbocycles. The van der Waals surface area contributed by atoms with Gasteiger partial charge in [0.05, 0.1) is 12.8 Å². The lowest BCUT2D eigenvalue weighted by molar-refractivity contribution is 0.283. The minimum atomic E-state index is 0.267. The Morgan fingerprint density at radius 1 is 1.29 bits per heavy atom. The number of aliphatic hydroxyl groups is 1. The zero-order valence-corrected chi connectivity index (χ0v) is 11.2. The van der Waals surface area contributed by atoms with E-state index in [9.17, 15) is 0 Å². The number of nitrogens with one attached hydrogen (secondary N) is 1. The molecule has 0 spiro atoms. The van der Waals surface area contributed by atoms with Crippen LogP contribution in [0.15, 0.2) is 12.1 Å². The van der Waals surface area contributed by atoms with E-state index in [2.05, 4.69) is 5.32 Å². The fourth-order valence-electron chi connectivity index (χ4n) is 1.61. The number of methoxy groups -OCH3 is 1. The fraction of sp³-hybridized carbons (Fsp3) is 0.538. The number of hydrogen-bond donors (Lipinski definition) is 2. The number of anilines is 1. The van der Waals surface area contributed by atoms with E-state index in [1.807, 2.05) is 19.1 Å². The second-order valence-electron chi connectivity index (χ2n) is 4.01. The average molecular weight is 258 g/mol. The molecule has 0 amide bonds. The Hall–Kier alpha value is -0.930. The molecule has 1 rings (SSSR count). The summed E-state index contributed by atoms with van der Waals surface area (Å²) < 4.78 is 5.27. The summed E-state index contributed by atoms with van der Waals surface area (Å²) in [5, 5.41) is 12.7. The third-order valence-corrected chi connectivity index (χ3v) is 3.04. The van der Waals surface area contributed by atoms with Gasteiger partial charge < -0.3 is 15.2 Å². The molecular formula is C13H20ClNO2. The highest BCUT2D eigenvalue weighted by Crippen LogP contribution is 2.30. The zero-order valence-electron chi connectivity index (χ0n) is 10.4. The minimum Gasteiger partial charge on any atom is -0.495 e. The maximum absolute atomic E-state index is 8.68. The van der Waals surface area contributed by atoms with Gasteiger partial charge in [0.2, 0.25) is 0 Å². The number of aliphatic hydroxyl groups excluding tert-OH is 1. The van der Waals surface area contributed by atoms with Crippen molar-refractivity contribution in [2.45, 2.75) is 26.2 Å². The number of unbranched alkanes of at least 4 members (excludes halogenated alkanes) is 2. The first-order chi connectivity index (χ1) is 8.19. The first-order valence-electron chi connectivity index (χ1n) is 5.88. The van der Waals surface area contributed by atoms with Gasteiger partial charge in [0, 0.05) is 24.2 Å². The molecule has 0 aromatic heterocycles. The molecule has 17 heavy (non-hydrogen) atoms. The Balaban J connectivity index is 2.54. The van der Waals surface area contributed by atoms with E-state index >= 15 is 0 Å². The van der Waals surface area contributed by atoms with Crippen molar-refractivity contribution in [2.75, 3.05) is 25.6 Å². The van der Waals surface area contributed by atoms with Crippen molar-refractivity contribution in [1.82, 2.24) is 0 Å². The highest BCUT2D eigenvalue weighted by atomic mass is 35.5. The second kappa shape index (κ2) is 7.41. The third-order valence-electron chi connectivity index (χ3n) is 2.63. The van der Waals surface area contributed by atoms with Gasteiger partial charge in [0.1, 0.15) is 5.75 Å². The van der Waals surface area contributed by atoms with E-state index in [-0.39, 0.29) is 6.61 Å². The predicted molar refractivity (Wildman–Crippen MR) is 72.2 cm³/mol. The van der Waals surface area contributed by atoms with Crippen LogP contribution >= 0.6 is 11.6 Å². The topological polar surface area (TPSA) is 41.5 Å². The number of rotatable bonds is 7. The maximum atomic E-state index is 8.68. The Morgan fingerprint density at radius 3 is 2.71 bits per heavy atom. The fourth-order valence-corrected chi connectivity index (χ4v) is 1.76. The van der Waals surface area contributed by atoms with E-state index in [0.29, 0.717) is 5.02 Å². The summed E-state index contributed by atoms with van der Waals surface area (Å²) in [6.07, 6.45) is 2.92. The van der Waals surface area contributed by atoms with Gasteiger partial charge in [-0.1, -0.05) is 11.6 Å². The number of hydrogen-bond acceptors (Lipinski definition) is 3. The Morgan fingerprint density at radius 2 is 2.06 bits per heavy atom. The Kier molecular flexibility index (Phi) is 6.16. The zero-order chi connectivity index (χ0) is 12.7. The standard InChI is InChI=1S/C13H20ClNO2/c1-10-8-12(13(17-2)9-11(10)14)15-6-4-3-5-7-16/h8-9,15-16H,3-7H2,1-2H3. The van der Waals surface area contributed by atoms with Crippen molar-refractivity contribution < 1.29 is 9.84 Å². The molecule has 1 aromatic rings. The normalized spacial score (nSPS) is 10.4. The molecular weight excluding hydrogens is 238 g/mol. The summed E-state index contributed by atoms with van der Waals surface area (Å²) in [5.41, 5.74) is 2.00. The Bertz CT molecular complexity index is 356. The molecule has 0 aliphatic rings. The first-order valence-corrected chi connectivity index (χ1v) is 6.25. The number of aryl methyl sites for hydroxylation is 1. The molecule has 0 aliphatic heterocycles. The molecule has 0 saturated carbocycles.